The van der Waals surface area contributed by atoms with Crippen molar-refractivity contribution in [2.75, 3.05) is 38.6 Å². The molecule has 0 spiro atoms. The van der Waals surface area contributed by atoms with E-state index in [0.29, 0.717) is 36.9 Å². The zero-order chi connectivity index (χ0) is 25.0. The average Bonchev–Trinajstić information content (AvgIpc) is 3.40. The fourth-order valence-corrected chi connectivity index (χ4v) is 4.71. The molecule has 3 rings (SSSR count). The number of hydrogen-bond donors (Lipinski definition) is 2. The van der Waals surface area contributed by atoms with E-state index in [0.717, 1.165) is 30.8 Å². The number of rotatable bonds is 7. The fourth-order valence-electron chi connectivity index (χ4n) is 2.99. The first-order valence-corrected chi connectivity index (χ1v) is 13.4. The van der Waals surface area contributed by atoms with E-state index in [-0.39, 0.29) is 25.1 Å². The quantitative estimate of drug-likeness (QED) is 0.502. The van der Waals surface area contributed by atoms with E-state index in [1.165, 1.54) is 11.3 Å². The molecular formula is C21H36ClN3O7S2. The minimum absolute atomic E-state index is 0. The minimum Gasteiger partial charge on any atom is -0.481 e. The third-order valence-corrected chi connectivity index (χ3v) is 7.24. The minimum atomic E-state index is -3.35. The number of aryl methyl sites for hydroxylation is 1. The van der Waals surface area contributed by atoms with E-state index >= 15 is 0 Å². The maximum atomic E-state index is 11.3. The third kappa shape index (κ3) is 12.7. The number of carboxylic acid groups (broad SMARTS) is 1. The number of carbonyl (C=O) groups is 3. The second-order valence-electron chi connectivity index (χ2n) is 7.63. The summed E-state index contributed by atoms with van der Waals surface area (Å²) in [7, 11) is -3.35. The van der Waals surface area contributed by atoms with Gasteiger partial charge in [0.25, 0.3) is 0 Å². The van der Waals surface area contributed by atoms with Crippen molar-refractivity contribution in [3.63, 3.8) is 0 Å². The molecule has 3 heterocycles. The van der Waals surface area contributed by atoms with Gasteiger partial charge in [0.05, 0.1) is 29.2 Å². The van der Waals surface area contributed by atoms with Gasteiger partial charge in [-0.15, -0.1) is 11.3 Å². The Bertz CT molecular complexity index is 873. The highest BCUT2D eigenvalue weighted by Gasteiger charge is 2.31. The molecule has 196 valence electrons. The van der Waals surface area contributed by atoms with Crippen molar-refractivity contribution in [3.8, 4) is 0 Å². The number of carboxylic acids is 1. The van der Waals surface area contributed by atoms with Gasteiger partial charge in [0.2, 0.25) is 22.3 Å². The van der Waals surface area contributed by atoms with E-state index in [1.807, 2.05) is 0 Å². The van der Waals surface area contributed by atoms with Gasteiger partial charge < -0.3 is 19.6 Å². The molecule has 2 amide bonds. The standard InChI is InChI=1S/C9H15NO3.C6H8ClNO2S2.C5H9NO2.CH4/c1-6(9(12)13)7(2)10-5-3-4-8(10)11;7-6-2-1-5(11-6)3-4-12(8,9)10;7-5-6-1-3-8-4-2-6;/h6-7H,3-5H2,1-2H3,(H,12,13);1-2H,3-4H2,(H2,8,9,10);5H,1-4H2;1H4/t6-,7?;;;/m1.../s1. The maximum Gasteiger partial charge on any atom is 0.308 e. The summed E-state index contributed by atoms with van der Waals surface area (Å²) in [5, 5.41) is 13.6. The largest absolute Gasteiger partial charge is 0.481 e. The average molecular weight is 542 g/mol. The summed E-state index contributed by atoms with van der Waals surface area (Å²) in [5.41, 5.74) is 0. The molecule has 1 aromatic heterocycles. The molecule has 2 saturated heterocycles. The second kappa shape index (κ2) is 16.0. The van der Waals surface area contributed by atoms with Gasteiger partial charge in [-0.3, -0.25) is 14.4 Å². The molecule has 2 atom stereocenters. The number of sulfonamides is 1. The van der Waals surface area contributed by atoms with E-state index in [9.17, 15) is 22.8 Å². The van der Waals surface area contributed by atoms with E-state index < -0.39 is 21.9 Å². The van der Waals surface area contributed by atoms with Crippen LogP contribution in [0.5, 0.6) is 0 Å². The Morgan fingerprint density at radius 2 is 1.91 bits per heavy atom. The number of primary sulfonamides is 1. The molecule has 0 saturated carbocycles. The third-order valence-electron chi connectivity index (χ3n) is 5.17. The molecule has 0 aromatic carbocycles. The van der Waals surface area contributed by atoms with Gasteiger partial charge in [-0.1, -0.05) is 19.0 Å². The highest BCUT2D eigenvalue weighted by Crippen LogP contribution is 2.21. The first kappa shape index (κ1) is 32.3. The molecule has 3 N–H and O–H groups in total. The molecule has 0 bridgehead atoms. The number of carbonyl (C=O) groups excluding carboxylic acids is 2. The van der Waals surface area contributed by atoms with Crippen molar-refractivity contribution in [3.05, 3.63) is 21.3 Å². The Kier molecular flexibility index (Phi) is 15.2. The van der Waals surface area contributed by atoms with Gasteiger partial charge in [-0.2, -0.15) is 0 Å². The van der Waals surface area contributed by atoms with Crippen LogP contribution < -0.4 is 5.14 Å². The Hall–Kier alpha value is -1.73. The van der Waals surface area contributed by atoms with Crippen molar-refractivity contribution >= 4 is 51.2 Å². The predicted octanol–water partition coefficient (Wildman–Crippen LogP) is 2.06. The van der Waals surface area contributed by atoms with Gasteiger partial charge in [0.1, 0.15) is 0 Å². The number of thiophene rings is 1. The Morgan fingerprint density at radius 3 is 2.29 bits per heavy atom. The summed E-state index contributed by atoms with van der Waals surface area (Å²) in [6.45, 7) is 7.03. The summed E-state index contributed by atoms with van der Waals surface area (Å²) in [6, 6.07) is 3.36. The lowest BCUT2D eigenvalue weighted by Gasteiger charge is -2.27. The van der Waals surface area contributed by atoms with Crippen LogP contribution in [0.4, 0.5) is 0 Å². The molecule has 34 heavy (non-hydrogen) atoms. The molecule has 10 nitrogen and oxygen atoms in total. The summed E-state index contributed by atoms with van der Waals surface area (Å²) in [5.74, 6) is -1.26. The van der Waals surface area contributed by atoms with Crippen LogP contribution in [0.15, 0.2) is 12.1 Å². The number of nitrogens with zero attached hydrogens (tertiary/aromatic N) is 2. The molecule has 1 unspecified atom stereocenters. The number of amides is 2. The Balaban J connectivity index is 0.000000486. The van der Waals surface area contributed by atoms with E-state index in [4.69, 9.17) is 26.6 Å². The van der Waals surface area contributed by atoms with Gasteiger partial charge in [0.15, 0.2) is 0 Å². The van der Waals surface area contributed by atoms with Crippen LogP contribution in [0.25, 0.3) is 0 Å². The fraction of sp³-hybridized carbons (Fsp3) is 0.667. The zero-order valence-electron chi connectivity index (χ0n) is 18.8. The number of ether oxygens (including phenoxy) is 1. The molecule has 0 radical (unpaired) electrons. The maximum absolute atomic E-state index is 11.3. The van der Waals surface area contributed by atoms with Crippen LogP contribution in [-0.2, 0) is 35.6 Å². The number of likely N-dealkylation sites (tertiary alicyclic amines) is 1. The highest BCUT2D eigenvalue weighted by molar-refractivity contribution is 7.89. The van der Waals surface area contributed by atoms with Crippen molar-refractivity contribution in [1.29, 1.82) is 0 Å². The van der Waals surface area contributed by atoms with Crippen LogP contribution in [0, 0.1) is 5.92 Å². The van der Waals surface area contributed by atoms with Crippen LogP contribution in [0.2, 0.25) is 4.34 Å². The predicted molar refractivity (Wildman–Crippen MR) is 133 cm³/mol. The van der Waals surface area contributed by atoms with Gasteiger partial charge in [0, 0.05) is 37.0 Å². The first-order chi connectivity index (χ1) is 15.4. The number of morpholine rings is 1. The second-order valence-corrected chi connectivity index (χ2v) is 11.2. The van der Waals surface area contributed by atoms with Crippen LogP contribution in [0.1, 0.15) is 39.0 Å². The van der Waals surface area contributed by atoms with Crippen LogP contribution >= 0.6 is 22.9 Å². The molecule has 2 fully saturated rings. The van der Waals surface area contributed by atoms with Crippen molar-refractivity contribution in [2.45, 2.75) is 46.6 Å². The molecule has 0 aliphatic carbocycles. The molecule has 2 aliphatic rings. The topological polar surface area (TPSA) is 147 Å². The molecule has 2 aliphatic heterocycles. The lowest BCUT2D eigenvalue weighted by atomic mass is 10.0. The smallest absolute Gasteiger partial charge is 0.308 e. The SMILES string of the molecule is C.CC([C@@H](C)C(=O)O)N1CCCC1=O.NS(=O)(=O)CCc1ccc(Cl)s1.O=CN1CCOCC1. The molecule has 1 aromatic rings. The molecule has 13 heteroatoms. The number of aliphatic carboxylic acids is 1. The normalized spacial score (nSPS) is 17.4. The number of nitrogens with two attached hydrogens (primary N) is 1. The van der Waals surface area contributed by atoms with Crippen molar-refractivity contribution in [1.82, 2.24) is 9.80 Å². The van der Waals surface area contributed by atoms with E-state index in [2.05, 4.69) is 0 Å². The van der Waals surface area contributed by atoms with Gasteiger partial charge in [-0.05, 0) is 38.8 Å². The van der Waals surface area contributed by atoms with Gasteiger partial charge in [-0.25, -0.2) is 13.6 Å². The van der Waals surface area contributed by atoms with Crippen LogP contribution in [0.3, 0.4) is 0 Å². The van der Waals surface area contributed by atoms with E-state index in [1.54, 1.807) is 35.8 Å². The Morgan fingerprint density at radius 1 is 1.29 bits per heavy atom. The van der Waals surface area contributed by atoms with Crippen molar-refractivity contribution < 1.29 is 32.6 Å². The summed E-state index contributed by atoms with van der Waals surface area (Å²) in [4.78, 5) is 36.3. The first-order valence-electron chi connectivity index (χ1n) is 10.5. The molecular weight excluding hydrogens is 506 g/mol. The zero-order valence-corrected chi connectivity index (χ0v) is 21.2. The summed E-state index contributed by atoms with van der Waals surface area (Å²) in [6.07, 6.45) is 2.73. The summed E-state index contributed by atoms with van der Waals surface area (Å²) >= 11 is 7.02. The number of hydrogen-bond acceptors (Lipinski definition) is 7. The monoisotopic (exact) mass is 541 g/mol. The number of halogens is 1. The lowest BCUT2D eigenvalue weighted by Crippen LogP contribution is -2.41. The lowest BCUT2D eigenvalue weighted by molar-refractivity contribution is -0.144. The highest BCUT2D eigenvalue weighted by atomic mass is 35.5. The summed E-state index contributed by atoms with van der Waals surface area (Å²) < 4.78 is 26.8. The Labute approximate surface area is 211 Å². The van der Waals surface area contributed by atoms with Gasteiger partial charge >= 0.3 is 5.97 Å². The van der Waals surface area contributed by atoms with Crippen LogP contribution in [-0.4, -0.2) is 86.3 Å². The van der Waals surface area contributed by atoms with Crippen molar-refractivity contribution in [2.24, 2.45) is 11.1 Å².